The van der Waals surface area contributed by atoms with Gasteiger partial charge in [-0.15, -0.1) is 0 Å². The van der Waals surface area contributed by atoms with E-state index in [2.05, 4.69) is 21.2 Å². The molecule has 0 heterocycles. The van der Waals surface area contributed by atoms with Gasteiger partial charge in [-0.2, -0.15) is 0 Å². The fraction of sp³-hybridized carbons (Fsp3) is 0.467. The molecular weight excluding hydrogens is 355 g/mol. The van der Waals surface area contributed by atoms with E-state index in [9.17, 15) is 14.0 Å². The number of carboxylic acid groups (broad SMARTS) is 1. The Morgan fingerprint density at radius 1 is 1.41 bits per heavy atom. The van der Waals surface area contributed by atoms with E-state index in [1.54, 1.807) is 6.07 Å². The molecule has 1 aliphatic rings. The van der Waals surface area contributed by atoms with Gasteiger partial charge in [0.2, 0.25) is 0 Å². The molecule has 0 atom stereocenters. The van der Waals surface area contributed by atoms with Gasteiger partial charge in [0.15, 0.2) is 0 Å². The van der Waals surface area contributed by atoms with E-state index in [-0.39, 0.29) is 30.1 Å². The Labute approximate surface area is 136 Å². The number of halogens is 2. The number of nitrogens with zero attached hydrogens (tertiary/aromatic N) is 1. The first kappa shape index (κ1) is 16.9. The lowest BCUT2D eigenvalue weighted by molar-refractivity contribution is -0.139. The lowest BCUT2D eigenvalue weighted by Gasteiger charge is -2.42. The van der Waals surface area contributed by atoms with Crippen LogP contribution < -0.4 is 5.32 Å². The summed E-state index contributed by atoms with van der Waals surface area (Å²) >= 11 is 3.16. The minimum Gasteiger partial charge on any atom is -0.480 e. The highest BCUT2D eigenvalue weighted by Crippen LogP contribution is 2.26. The number of carbonyl (C=O) groups is 2. The number of carboxylic acids is 1. The van der Waals surface area contributed by atoms with Gasteiger partial charge in [0.05, 0.1) is 6.54 Å². The third-order valence-electron chi connectivity index (χ3n) is 3.83. The number of benzene rings is 1. The van der Waals surface area contributed by atoms with Crippen LogP contribution in [0.1, 0.15) is 30.1 Å². The zero-order valence-corrected chi connectivity index (χ0v) is 13.8. The van der Waals surface area contributed by atoms with Crippen molar-refractivity contribution in [2.24, 2.45) is 0 Å². The molecule has 1 aromatic carbocycles. The second kappa shape index (κ2) is 7.19. The Kier molecular flexibility index (Phi) is 5.52. The molecule has 1 saturated carbocycles. The van der Waals surface area contributed by atoms with Gasteiger partial charge in [0.1, 0.15) is 5.82 Å². The van der Waals surface area contributed by atoms with Crippen LogP contribution in [0.5, 0.6) is 0 Å². The van der Waals surface area contributed by atoms with E-state index in [0.29, 0.717) is 23.9 Å². The predicted octanol–water partition coefficient (Wildman–Crippen LogP) is 2.26. The van der Waals surface area contributed by atoms with Crippen LogP contribution in [0, 0.1) is 5.82 Å². The highest BCUT2D eigenvalue weighted by Gasteiger charge is 2.34. The smallest absolute Gasteiger partial charge is 0.317 e. The Hall–Kier alpha value is -1.47. The summed E-state index contributed by atoms with van der Waals surface area (Å²) in [7, 11) is 0. The Morgan fingerprint density at radius 3 is 2.64 bits per heavy atom. The number of carbonyl (C=O) groups excluding carboxylic acids is 1. The van der Waals surface area contributed by atoms with E-state index in [1.807, 2.05) is 11.8 Å². The Morgan fingerprint density at radius 2 is 2.09 bits per heavy atom. The molecule has 1 fully saturated rings. The lowest BCUT2D eigenvalue weighted by atomic mass is 9.85. The van der Waals surface area contributed by atoms with Gasteiger partial charge in [0.25, 0.3) is 5.91 Å². The van der Waals surface area contributed by atoms with E-state index in [0.717, 1.165) is 0 Å². The van der Waals surface area contributed by atoms with Crippen molar-refractivity contribution < 1.29 is 19.1 Å². The first-order valence-corrected chi connectivity index (χ1v) is 7.91. The fourth-order valence-corrected chi connectivity index (χ4v) is 3.10. The van der Waals surface area contributed by atoms with Crippen LogP contribution in [0.3, 0.4) is 0 Å². The lowest BCUT2D eigenvalue weighted by Crippen LogP contribution is -2.54. The molecule has 7 heteroatoms. The van der Waals surface area contributed by atoms with Crippen molar-refractivity contribution in [3.05, 3.63) is 34.1 Å². The second-order valence-corrected chi connectivity index (χ2v) is 6.33. The first-order valence-electron chi connectivity index (χ1n) is 7.11. The Bertz CT molecular complexity index is 556. The summed E-state index contributed by atoms with van der Waals surface area (Å²) in [5.41, 5.74) is 0.271. The number of hydrogen-bond donors (Lipinski definition) is 2. The molecule has 0 saturated heterocycles. The quantitative estimate of drug-likeness (QED) is 0.803. The largest absolute Gasteiger partial charge is 0.480 e. The molecule has 0 aromatic heterocycles. The third kappa shape index (κ3) is 4.27. The maximum atomic E-state index is 13.3. The van der Waals surface area contributed by atoms with Crippen molar-refractivity contribution >= 4 is 27.8 Å². The van der Waals surface area contributed by atoms with Gasteiger partial charge >= 0.3 is 5.97 Å². The average Bonchev–Trinajstić information content (AvgIpc) is 2.38. The molecular formula is C15H18BrFN2O3. The van der Waals surface area contributed by atoms with Gasteiger partial charge in [-0.1, -0.05) is 22.9 Å². The molecule has 120 valence electrons. The first-order chi connectivity index (χ1) is 10.4. The molecule has 1 aromatic rings. The molecule has 5 nitrogen and oxygen atoms in total. The summed E-state index contributed by atoms with van der Waals surface area (Å²) in [6.07, 6.45) is 1.42. The van der Waals surface area contributed by atoms with Crippen LogP contribution in [0.15, 0.2) is 22.7 Å². The van der Waals surface area contributed by atoms with Crippen molar-refractivity contribution in [1.82, 2.24) is 10.2 Å². The van der Waals surface area contributed by atoms with E-state index >= 15 is 0 Å². The van der Waals surface area contributed by atoms with Crippen molar-refractivity contribution in [2.75, 3.05) is 13.1 Å². The zero-order chi connectivity index (χ0) is 16.3. The molecule has 0 bridgehead atoms. The van der Waals surface area contributed by atoms with Gasteiger partial charge < -0.3 is 10.4 Å². The van der Waals surface area contributed by atoms with Gasteiger partial charge in [-0.05, 0) is 37.6 Å². The molecule has 22 heavy (non-hydrogen) atoms. The highest BCUT2D eigenvalue weighted by molar-refractivity contribution is 9.10. The maximum Gasteiger partial charge on any atom is 0.317 e. The summed E-state index contributed by atoms with van der Waals surface area (Å²) in [4.78, 5) is 24.7. The molecule has 1 aliphatic carbocycles. The summed E-state index contributed by atoms with van der Waals surface area (Å²) < 4.78 is 13.8. The SMILES string of the molecule is CCN(CC(=O)O)C1CC(NC(=O)c2cc(F)cc(Br)c2)C1. The third-order valence-corrected chi connectivity index (χ3v) is 4.29. The van der Waals surface area contributed by atoms with Crippen molar-refractivity contribution in [2.45, 2.75) is 31.8 Å². The van der Waals surface area contributed by atoms with E-state index in [4.69, 9.17) is 5.11 Å². The van der Waals surface area contributed by atoms with Crippen LogP contribution in [-0.2, 0) is 4.79 Å². The Balaban J connectivity index is 1.86. The van der Waals surface area contributed by atoms with E-state index < -0.39 is 11.8 Å². The normalized spacial score (nSPS) is 20.5. The van der Waals surface area contributed by atoms with Crippen molar-refractivity contribution in [1.29, 1.82) is 0 Å². The van der Waals surface area contributed by atoms with Gasteiger partial charge in [-0.25, -0.2) is 4.39 Å². The van der Waals surface area contributed by atoms with E-state index in [1.165, 1.54) is 12.1 Å². The molecule has 2 N–H and O–H groups in total. The maximum absolute atomic E-state index is 13.3. The summed E-state index contributed by atoms with van der Waals surface area (Å²) in [6, 6.07) is 4.23. The molecule has 0 spiro atoms. The average molecular weight is 373 g/mol. The van der Waals surface area contributed by atoms with Crippen molar-refractivity contribution in [3.8, 4) is 0 Å². The summed E-state index contributed by atoms with van der Waals surface area (Å²) in [6.45, 7) is 2.59. The van der Waals surface area contributed by atoms with Crippen LogP contribution in [0.2, 0.25) is 0 Å². The van der Waals surface area contributed by atoms with Crippen LogP contribution in [-0.4, -0.2) is 47.1 Å². The zero-order valence-electron chi connectivity index (χ0n) is 12.2. The molecule has 0 radical (unpaired) electrons. The van der Waals surface area contributed by atoms with Crippen LogP contribution >= 0.6 is 15.9 Å². The molecule has 1 amide bonds. The standard InChI is InChI=1S/C15H18BrFN2O3/c1-2-19(8-14(20)21)13-6-12(7-13)18-15(22)9-3-10(16)5-11(17)4-9/h3-5,12-13H,2,6-8H2,1H3,(H,18,22)(H,20,21). The number of nitrogens with one attached hydrogen (secondary N) is 1. The number of hydrogen-bond acceptors (Lipinski definition) is 3. The summed E-state index contributed by atoms with van der Waals surface area (Å²) in [5, 5.41) is 11.7. The summed E-state index contributed by atoms with van der Waals surface area (Å²) in [5.74, 6) is -1.63. The predicted molar refractivity (Wildman–Crippen MR) is 83.3 cm³/mol. The fourth-order valence-electron chi connectivity index (χ4n) is 2.63. The molecule has 0 unspecified atom stereocenters. The second-order valence-electron chi connectivity index (χ2n) is 5.41. The monoisotopic (exact) mass is 372 g/mol. The minimum atomic E-state index is -0.848. The highest BCUT2D eigenvalue weighted by atomic mass is 79.9. The topological polar surface area (TPSA) is 69.6 Å². The number of amides is 1. The minimum absolute atomic E-state index is 0.00221. The molecule has 0 aliphatic heterocycles. The van der Waals surface area contributed by atoms with Gasteiger partial charge in [-0.3, -0.25) is 14.5 Å². The molecule has 2 rings (SSSR count). The van der Waals surface area contributed by atoms with Crippen LogP contribution in [0.25, 0.3) is 0 Å². The van der Waals surface area contributed by atoms with Crippen LogP contribution in [0.4, 0.5) is 4.39 Å². The van der Waals surface area contributed by atoms with Crippen molar-refractivity contribution in [3.63, 3.8) is 0 Å². The number of aliphatic carboxylic acids is 1. The number of rotatable bonds is 6. The number of likely N-dealkylation sites (N-methyl/N-ethyl adjacent to an activating group) is 1. The van der Waals surface area contributed by atoms with Gasteiger partial charge in [0, 0.05) is 22.1 Å².